The second kappa shape index (κ2) is 8.71. The summed E-state index contributed by atoms with van der Waals surface area (Å²) in [4.78, 5) is 32.4. The Hall–Kier alpha value is -4.13. The largest absolute Gasteiger partial charge is 0.497 e. The molecule has 7 nitrogen and oxygen atoms in total. The van der Waals surface area contributed by atoms with Gasteiger partial charge in [0.15, 0.2) is 12.4 Å². The summed E-state index contributed by atoms with van der Waals surface area (Å²) >= 11 is 0. The van der Waals surface area contributed by atoms with Gasteiger partial charge in [-0.05, 0) is 66.7 Å². The normalized spacial score (nSPS) is 10.6. The third kappa shape index (κ3) is 4.40. The van der Waals surface area contributed by atoms with Crippen molar-refractivity contribution in [3.8, 4) is 22.9 Å². The van der Waals surface area contributed by atoms with Gasteiger partial charge in [-0.1, -0.05) is 0 Å². The van der Waals surface area contributed by atoms with Crippen LogP contribution in [0.25, 0.3) is 22.4 Å². The molecular formula is C24H20N2O5. The SMILES string of the molecule is COc1ccc(C(=O)COC(=O)c2ccc3nc(-c4ccc(OC)cc4)[nH]c3c2)cc1. The van der Waals surface area contributed by atoms with Gasteiger partial charge in [0.05, 0.1) is 30.8 Å². The van der Waals surface area contributed by atoms with E-state index in [-0.39, 0.29) is 12.4 Å². The number of nitrogens with zero attached hydrogens (tertiary/aromatic N) is 1. The van der Waals surface area contributed by atoms with E-state index in [2.05, 4.69) is 9.97 Å². The van der Waals surface area contributed by atoms with Crippen molar-refractivity contribution in [2.45, 2.75) is 0 Å². The first-order valence-electron chi connectivity index (χ1n) is 9.56. The van der Waals surface area contributed by atoms with Crippen LogP contribution in [0.5, 0.6) is 11.5 Å². The zero-order valence-electron chi connectivity index (χ0n) is 17.0. The van der Waals surface area contributed by atoms with Crippen molar-refractivity contribution in [2.75, 3.05) is 20.8 Å². The molecule has 31 heavy (non-hydrogen) atoms. The van der Waals surface area contributed by atoms with Gasteiger partial charge in [-0.15, -0.1) is 0 Å². The lowest BCUT2D eigenvalue weighted by Gasteiger charge is -2.05. The summed E-state index contributed by atoms with van der Waals surface area (Å²) in [6.07, 6.45) is 0. The molecule has 0 unspecified atom stereocenters. The van der Waals surface area contributed by atoms with Crippen LogP contribution in [-0.4, -0.2) is 42.5 Å². The Morgan fingerprint density at radius 2 is 1.45 bits per heavy atom. The van der Waals surface area contributed by atoms with Crippen LogP contribution >= 0.6 is 0 Å². The predicted molar refractivity (Wildman–Crippen MR) is 116 cm³/mol. The number of aromatic nitrogens is 2. The molecule has 0 bridgehead atoms. The van der Waals surface area contributed by atoms with Crippen LogP contribution in [0.3, 0.4) is 0 Å². The first kappa shape index (κ1) is 20.2. The van der Waals surface area contributed by atoms with Crippen molar-refractivity contribution in [2.24, 2.45) is 0 Å². The molecule has 0 aliphatic rings. The number of ketones is 1. The van der Waals surface area contributed by atoms with Crippen molar-refractivity contribution in [3.05, 3.63) is 77.9 Å². The molecule has 1 heterocycles. The van der Waals surface area contributed by atoms with Crippen molar-refractivity contribution in [3.63, 3.8) is 0 Å². The number of benzene rings is 3. The molecule has 0 radical (unpaired) electrons. The highest BCUT2D eigenvalue weighted by atomic mass is 16.5. The minimum Gasteiger partial charge on any atom is -0.497 e. The second-order valence-corrected chi connectivity index (χ2v) is 6.77. The predicted octanol–water partition coefficient (Wildman–Crippen LogP) is 4.29. The van der Waals surface area contributed by atoms with E-state index in [1.807, 2.05) is 24.3 Å². The molecule has 0 saturated carbocycles. The number of fused-ring (bicyclic) bond motifs is 1. The van der Waals surface area contributed by atoms with Gasteiger partial charge in [0, 0.05) is 11.1 Å². The summed E-state index contributed by atoms with van der Waals surface area (Å²) in [6, 6.07) is 19.2. The van der Waals surface area contributed by atoms with E-state index in [1.54, 1.807) is 56.7 Å². The van der Waals surface area contributed by atoms with E-state index < -0.39 is 5.97 Å². The summed E-state index contributed by atoms with van der Waals surface area (Å²) in [6.45, 7) is -0.344. The van der Waals surface area contributed by atoms with E-state index in [4.69, 9.17) is 14.2 Å². The molecule has 0 atom stereocenters. The Kier molecular flexibility index (Phi) is 5.66. The Morgan fingerprint density at radius 3 is 2.10 bits per heavy atom. The number of esters is 1. The first-order chi connectivity index (χ1) is 15.1. The first-order valence-corrected chi connectivity index (χ1v) is 9.56. The molecule has 1 aromatic heterocycles. The zero-order chi connectivity index (χ0) is 21.8. The van der Waals surface area contributed by atoms with Crippen LogP contribution in [0.1, 0.15) is 20.7 Å². The molecule has 0 aliphatic carbocycles. The van der Waals surface area contributed by atoms with E-state index in [1.165, 1.54) is 0 Å². The number of methoxy groups -OCH3 is 2. The zero-order valence-corrected chi connectivity index (χ0v) is 17.0. The van der Waals surface area contributed by atoms with E-state index in [9.17, 15) is 9.59 Å². The number of hydrogen-bond donors (Lipinski definition) is 1. The number of carbonyl (C=O) groups is 2. The van der Waals surface area contributed by atoms with Gasteiger partial charge in [0.1, 0.15) is 17.3 Å². The molecule has 4 aromatic rings. The summed E-state index contributed by atoms with van der Waals surface area (Å²) in [5.41, 5.74) is 3.09. The number of H-pyrrole nitrogens is 1. The number of ether oxygens (including phenoxy) is 3. The Labute approximate surface area is 178 Å². The summed E-state index contributed by atoms with van der Waals surface area (Å²) in [5.74, 6) is 1.21. The van der Waals surface area contributed by atoms with Gasteiger partial charge in [-0.25, -0.2) is 9.78 Å². The number of nitrogens with one attached hydrogen (secondary N) is 1. The number of imidazole rings is 1. The van der Waals surface area contributed by atoms with Gasteiger partial charge >= 0.3 is 5.97 Å². The number of hydrogen-bond acceptors (Lipinski definition) is 6. The molecule has 4 rings (SSSR count). The van der Waals surface area contributed by atoms with Crippen LogP contribution < -0.4 is 9.47 Å². The molecular weight excluding hydrogens is 396 g/mol. The third-order valence-electron chi connectivity index (χ3n) is 4.83. The lowest BCUT2D eigenvalue weighted by atomic mass is 10.1. The number of aromatic amines is 1. The highest BCUT2D eigenvalue weighted by Crippen LogP contribution is 2.23. The fraction of sp³-hybridized carbons (Fsp3) is 0.125. The Balaban J connectivity index is 1.45. The maximum absolute atomic E-state index is 12.4. The van der Waals surface area contributed by atoms with E-state index in [0.29, 0.717) is 28.2 Å². The summed E-state index contributed by atoms with van der Waals surface area (Å²) < 4.78 is 15.4. The quantitative estimate of drug-likeness (QED) is 0.357. The highest BCUT2D eigenvalue weighted by molar-refractivity contribution is 6.00. The molecule has 0 spiro atoms. The molecule has 3 aromatic carbocycles. The maximum Gasteiger partial charge on any atom is 0.338 e. The molecule has 0 saturated heterocycles. The van der Waals surface area contributed by atoms with Gasteiger partial charge in [0.25, 0.3) is 0 Å². The van der Waals surface area contributed by atoms with Gasteiger partial charge < -0.3 is 19.2 Å². The highest BCUT2D eigenvalue weighted by Gasteiger charge is 2.14. The van der Waals surface area contributed by atoms with Crippen LogP contribution in [0.15, 0.2) is 66.7 Å². The molecule has 7 heteroatoms. The monoisotopic (exact) mass is 416 g/mol. The van der Waals surface area contributed by atoms with Crippen LogP contribution in [0.2, 0.25) is 0 Å². The smallest absolute Gasteiger partial charge is 0.338 e. The summed E-state index contributed by atoms with van der Waals surface area (Å²) in [7, 11) is 3.16. The molecule has 0 aliphatic heterocycles. The van der Waals surface area contributed by atoms with E-state index >= 15 is 0 Å². The summed E-state index contributed by atoms with van der Waals surface area (Å²) in [5, 5.41) is 0. The average Bonchev–Trinajstić information content (AvgIpc) is 3.26. The van der Waals surface area contributed by atoms with Crippen molar-refractivity contribution < 1.29 is 23.8 Å². The fourth-order valence-corrected chi connectivity index (χ4v) is 3.10. The third-order valence-corrected chi connectivity index (χ3v) is 4.83. The minimum absolute atomic E-state index is 0.291. The fourth-order valence-electron chi connectivity index (χ4n) is 3.10. The Morgan fingerprint density at radius 1 is 0.839 bits per heavy atom. The van der Waals surface area contributed by atoms with Crippen molar-refractivity contribution in [1.82, 2.24) is 9.97 Å². The minimum atomic E-state index is -0.579. The molecule has 156 valence electrons. The average molecular weight is 416 g/mol. The molecule has 1 N–H and O–H groups in total. The standard InChI is InChI=1S/C24H20N2O5/c1-29-18-8-3-15(4-9-18)22(27)14-31-24(28)17-7-12-20-21(13-17)26-23(25-20)16-5-10-19(30-2)11-6-16/h3-13H,14H2,1-2H3,(H,25,26). The van der Waals surface area contributed by atoms with Gasteiger partial charge in [0.2, 0.25) is 0 Å². The van der Waals surface area contributed by atoms with Crippen LogP contribution in [-0.2, 0) is 4.74 Å². The van der Waals surface area contributed by atoms with Crippen molar-refractivity contribution in [1.29, 1.82) is 0 Å². The number of Topliss-reactive ketones (excluding diaryl/α,β-unsaturated/α-hetero) is 1. The number of carbonyl (C=O) groups excluding carboxylic acids is 2. The molecule has 0 fully saturated rings. The van der Waals surface area contributed by atoms with E-state index in [0.717, 1.165) is 16.8 Å². The van der Waals surface area contributed by atoms with Gasteiger partial charge in [-0.2, -0.15) is 0 Å². The maximum atomic E-state index is 12.4. The van der Waals surface area contributed by atoms with Crippen molar-refractivity contribution >= 4 is 22.8 Å². The second-order valence-electron chi connectivity index (χ2n) is 6.77. The topological polar surface area (TPSA) is 90.5 Å². The lowest BCUT2D eigenvalue weighted by molar-refractivity contribution is 0.0475. The van der Waals surface area contributed by atoms with Gasteiger partial charge in [-0.3, -0.25) is 4.79 Å². The Bertz CT molecular complexity index is 1230. The molecule has 0 amide bonds. The van der Waals surface area contributed by atoms with Crippen LogP contribution in [0, 0.1) is 0 Å². The number of rotatable bonds is 7. The lowest BCUT2D eigenvalue weighted by Crippen LogP contribution is -2.14. The van der Waals surface area contributed by atoms with Crippen LogP contribution in [0.4, 0.5) is 0 Å².